The minimum atomic E-state index is 1.31. The fraction of sp³-hybridized carbons (Fsp3) is 0. The number of rotatable bonds is 0. The highest BCUT2D eigenvalue weighted by Gasteiger charge is 1.97. The maximum Gasteiger partial charge on any atom is 0.0450 e. The lowest BCUT2D eigenvalue weighted by Crippen LogP contribution is -1.75. The average molecular weight is 318 g/mol. The van der Waals surface area contributed by atoms with E-state index in [4.69, 9.17) is 0 Å². The third kappa shape index (κ3) is 2.52. The highest BCUT2D eigenvalue weighted by atomic mass is 32.1. The van der Waals surface area contributed by atoms with Crippen LogP contribution < -0.4 is 0 Å². The molecule has 0 unspecified atom stereocenters. The van der Waals surface area contributed by atoms with Crippen LogP contribution >= 0.6 is 22.7 Å². The second-order valence-corrected chi connectivity index (χ2v) is 6.97. The first kappa shape index (κ1) is 13.5. The van der Waals surface area contributed by atoms with E-state index in [-0.39, 0.29) is 0 Å². The number of thiophene rings is 2. The smallest absolute Gasteiger partial charge is 0.0450 e. The zero-order valence-electron chi connectivity index (χ0n) is 11.9. The van der Waals surface area contributed by atoms with Gasteiger partial charge in [-0.15, -0.1) is 22.7 Å². The van der Waals surface area contributed by atoms with Crippen LogP contribution in [0.25, 0.3) is 30.9 Å². The molecule has 0 bridgehead atoms. The van der Waals surface area contributed by atoms with Gasteiger partial charge in [0.2, 0.25) is 0 Å². The first-order valence-corrected chi connectivity index (χ1v) is 8.95. The Hall–Kier alpha value is -2.16. The van der Waals surface area contributed by atoms with Gasteiger partial charge in [-0.05, 0) is 44.4 Å². The number of benzene rings is 3. The van der Waals surface area contributed by atoms with Gasteiger partial charge in [0, 0.05) is 9.40 Å². The van der Waals surface area contributed by atoms with Crippen molar-refractivity contribution in [2.45, 2.75) is 0 Å². The van der Waals surface area contributed by atoms with Gasteiger partial charge in [-0.3, -0.25) is 0 Å². The molecule has 0 N–H and O–H groups in total. The summed E-state index contributed by atoms with van der Waals surface area (Å²) >= 11 is 3.61. The molecule has 0 nitrogen and oxygen atoms in total. The molecule has 0 spiro atoms. The summed E-state index contributed by atoms with van der Waals surface area (Å²) in [6, 6.07) is 25.7. The molecule has 0 fully saturated rings. The van der Waals surface area contributed by atoms with Crippen LogP contribution in [-0.4, -0.2) is 0 Å². The van der Waals surface area contributed by atoms with Crippen molar-refractivity contribution < 1.29 is 0 Å². The Labute approximate surface area is 137 Å². The molecule has 0 aliphatic heterocycles. The Morgan fingerprint density at radius 2 is 0.909 bits per heavy atom. The summed E-state index contributed by atoms with van der Waals surface area (Å²) in [5.74, 6) is 0. The second-order valence-electron chi connectivity index (χ2n) is 5.08. The average Bonchev–Trinajstić information content (AvgIpc) is 3.20. The van der Waals surface area contributed by atoms with Gasteiger partial charge in [0.15, 0.2) is 0 Å². The normalized spacial score (nSPS) is 10.7. The molecule has 2 aromatic heterocycles. The Morgan fingerprint density at radius 3 is 1.41 bits per heavy atom. The van der Waals surface area contributed by atoms with E-state index in [9.17, 15) is 0 Å². The molecular formula is C20H14S2. The topological polar surface area (TPSA) is 0 Å². The van der Waals surface area contributed by atoms with E-state index in [1.807, 2.05) is 0 Å². The van der Waals surface area contributed by atoms with Gasteiger partial charge < -0.3 is 0 Å². The largest absolute Gasteiger partial charge is 0.143 e. The van der Waals surface area contributed by atoms with E-state index in [1.54, 1.807) is 22.7 Å². The van der Waals surface area contributed by atoms with Crippen LogP contribution in [0.2, 0.25) is 0 Å². The van der Waals surface area contributed by atoms with Crippen LogP contribution in [0.4, 0.5) is 0 Å². The molecule has 0 atom stereocenters. The third-order valence-corrected chi connectivity index (χ3v) is 5.62. The molecule has 0 aliphatic carbocycles. The molecule has 2 heterocycles. The lowest BCUT2D eigenvalue weighted by Gasteiger charge is -2.02. The van der Waals surface area contributed by atoms with E-state index < -0.39 is 0 Å². The summed E-state index contributed by atoms with van der Waals surface area (Å²) in [5, 5.41) is 9.55. The highest BCUT2D eigenvalue weighted by Crippen LogP contribution is 2.25. The Morgan fingerprint density at radius 1 is 0.455 bits per heavy atom. The Bertz CT molecular complexity index is 931. The van der Waals surface area contributed by atoms with Crippen molar-refractivity contribution in [1.82, 2.24) is 0 Å². The summed E-state index contributed by atoms with van der Waals surface area (Å²) in [4.78, 5) is 0. The van der Waals surface area contributed by atoms with Gasteiger partial charge in [-0.1, -0.05) is 60.7 Å². The monoisotopic (exact) mass is 318 g/mol. The minimum absolute atomic E-state index is 1.31. The summed E-state index contributed by atoms with van der Waals surface area (Å²) in [6.45, 7) is 0. The number of hydrogen-bond donors (Lipinski definition) is 0. The summed E-state index contributed by atoms with van der Waals surface area (Å²) in [5.41, 5.74) is 0. The van der Waals surface area contributed by atoms with E-state index in [2.05, 4.69) is 83.6 Å². The molecule has 5 aromatic rings. The highest BCUT2D eigenvalue weighted by molar-refractivity contribution is 7.25. The fourth-order valence-electron chi connectivity index (χ4n) is 2.65. The molecule has 0 amide bonds. The van der Waals surface area contributed by atoms with Gasteiger partial charge in [-0.25, -0.2) is 0 Å². The molecule has 2 heteroatoms. The van der Waals surface area contributed by atoms with Crippen LogP contribution in [0, 0.1) is 0 Å². The van der Waals surface area contributed by atoms with E-state index in [1.165, 1.54) is 30.9 Å². The first-order valence-electron chi connectivity index (χ1n) is 7.19. The number of fused-ring (bicyclic) bond motifs is 4. The number of hydrogen-bond acceptors (Lipinski definition) is 2. The summed E-state index contributed by atoms with van der Waals surface area (Å²) in [7, 11) is 0. The standard InChI is InChI=1S/C14H10.C6H4S2/c1-3-7-13-11(5-1)9-10-12-6-2-4-8-14(12)13;1-3-7-6-2-4-8-5(1)6/h1-10H;1-4H. The van der Waals surface area contributed by atoms with Crippen molar-refractivity contribution >= 4 is 53.6 Å². The fourth-order valence-corrected chi connectivity index (χ4v) is 4.48. The molecule has 5 rings (SSSR count). The molecule has 3 aromatic carbocycles. The van der Waals surface area contributed by atoms with Gasteiger partial charge >= 0.3 is 0 Å². The maximum atomic E-state index is 2.18. The van der Waals surface area contributed by atoms with Crippen molar-refractivity contribution in [2.75, 3.05) is 0 Å². The van der Waals surface area contributed by atoms with Crippen molar-refractivity contribution in [3.8, 4) is 0 Å². The van der Waals surface area contributed by atoms with E-state index in [0.29, 0.717) is 0 Å². The summed E-state index contributed by atoms with van der Waals surface area (Å²) < 4.78 is 2.82. The molecule has 0 aliphatic rings. The van der Waals surface area contributed by atoms with Crippen LogP contribution in [0.15, 0.2) is 83.6 Å². The lowest BCUT2D eigenvalue weighted by molar-refractivity contribution is 1.76. The van der Waals surface area contributed by atoms with Crippen LogP contribution in [-0.2, 0) is 0 Å². The predicted molar refractivity (Wildman–Crippen MR) is 101 cm³/mol. The van der Waals surface area contributed by atoms with Gasteiger partial charge in [0.1, 0.15) is 0 Å². The minimum Gasteiger partial charge on any atom is -0.143 e. The van der Waals surface area contributed by atoms with Crippen molar-refractivity contribution in [1.29, 1.82) is 0 Å². The molecule has 106 valence electrons. The molecule has 0 saturated carbocycles. The van der Waals surface area contributed by atoms with Crippen LogP contribution in [0.1, 0.15) is 0 Å². The first-order chi connectivity index (χ1) is 10.9. The SMILES string of the molecule is c1cc2sccc2s1.c1ccc2c(c1)ccc1ccccc12. The third-order valence-electron chi connectivity index (χ3n) is 3.73. The Balaban J connectivity index is 0.000000132. The van der Waals surface area contributed by atoms with E-state index in [0.717, 1.165) is 0 Å². The molecular weight excluding hydrogens is 304 g/mol. The van der Waals surface area contributed by atoms with Crippen LogP contribution in [0.5, 0.6) is 0 Å². The summed E-state index contributed by atoms with van der Waals surface area (Å²) in [6.07, 6.45) is 0. The zero-order valence-corrected chi connectivity index (χ0v) is 13.5. The maximum absolute atomic E-state index is 2.18. The predicted octanol–water partition coefficient (Wildman–Crippen LogP) is 6.96. The van der Waals surface area contributed by atoms with Crippen molar-refractivity contribution in [3.05, 3.63) is 83.6 Å². The quantitative estimate of drug-likeness (QED) is 0.271. The van der Waals surface area contributed by atoms with Crippen molar-refractivity contribution in [3.63, 3.8) is 0 Å². The van der Waals surface area contributed by atoms with Crippen molar-refractivity contribution in [2.24, 2.45) is 0 Å². The second kappa shape index (κ2) is 5.91. The van der Waals surface area contributed by atoms with Gasteiger partial charge in [0.05, 0.1) is 0 Å². The van der Waals surface area contributed by atoms with Gasteiger partial charge in [0.25, 0.3) is 0 Å². The molecule has 0 radical (unpaired) electrons. The van der Waals surface area contributed by atoms with Gasteiger partial charge in [-0.2, -0.15) is 0 Å². The van der Waals surface area contributed by atoms with E-state index >= 15 is 0 Å². The lowest BCUT2D eigenvalue weighted by atomic mass is 10.0. The van der Waals surface area contributed by atoms with Crippen LogP contribution in [0.3, 0.4) is 0 Å². The molecule has 0 saturated heterocycles. The molecule has 22 heavy (non-hydrogen) atoms. The zero-order chi connectivity index (χ0) is 14.8. The Kier molecular flexibility index (Phi) is 3.63.